The van der Waals surface area contributed by atoms with Crippen molar-refractivity contribution in [2.24, 2.45) is 11.1 Å². The molecule has 2 N–H and O–H groups in total. The van der Waals surface area contributed by atoms with Gasteiger partial charge in [0.25, 0.3) is 0 Å². The summed E-state index contributed by atoms with van der Waals surface area (Å²) >= 11 is 0. The van der Waals surface area contributed by atoms with Gasteiger partial charge in [-0.2, -0.15) is 0 Å². The summed E-state index contributed by atoms with van der Waals surface area (Å²) in [4.78, 5) is 37.1. The first kappa shape index (κ1) is 19.7. The summed E-state index contributed by atoms with van der Waals surface area (Å²) in [6, 6.07) is 6.52. The largest absolute Gasteiger partial charge is 0.465 e. The third-order valence-electron chi connectivity index (χ3n) is 5.03. The molecule has 0 radical (unpaired) electrons. The Hall–Kier alpha value is -3.09. The molecule has 1 aromatic carbocycles. The maximum atomic E-state index is 13.0. The lowest BCUT2D eigenvalue weighted by Crippen LogP contribution is -2.35. The monoisotopic (exact) mass is 385 g/mol. The molecule has 0 saturated carbocycles. The van der Waals surface area contributed by atoms with E-state index in [4.69, 9.17) is 19.9 Å². The molecule has 0 fully saturated rings. The number of hydrogen-bond donors (Lipinski definition) is 1. The molecular formula is C21H23NO6. The summed E-state index contributed by atoms with van der Waals surface area (Å²) in [7, 11) is 2.54. The van der Waals surface area contributed by atoms with Crippen molar-refractivity contribution in [1.29, 1.82) is 0 Å². The van der Waals surface area contributed by atoms with Gasteiger partial charge in [-0.3, -0.25) is 4.79 Å². The molecule has 1 heterocycles. The first-order chi connectivity index (χ1) is 13.2. The Labute approximate surface area is 163 Å². The van der Waals surface area contributed by atoms with Crippen molar-refractivity contribution in [2.45, 2.75) is 32.6 Å². The van der Waals surface area contributed by atoms with Crippen LogP contribution in [0, 0.1) is 5.41 Å². The van der Waals surface area contributed by atoms with E-state index < -0.39 is 17.9 Å². The van der Waals surface area contributed by atoms with Gasteiger partial charge in [-0.25, -0.2) is 9.59 Å². The molecule has 1 aliphatic heterocycles. The molecular weight excluding hydrogens is 362 g/mol. The quantitative estimate of drug-likeness (QED) is 0.797. The number of Topliss-reactive ketones (excluding diaryl/α,β-unsaturated/α-hetero) is 1. The van der Waals surface area contributed by atoms with Crippen molar-refractivity contribution in [3.8, 4) is 0 Å². The van der Waals surface area contributed by atoms with E-state index >= 15 is 0 Å². The minimum absolute atomic E-state index is 0.0712. The van der Waals surface area contributed by atoms with E-state index in [-0.39, 0.29) is 22.7 Å². The molecule has 3 rings (SSSR count). The van der Waals surface area contributed by atoms with Crippen LogP contribution in [0.3, 0.4) is 0 Å². The summed E-state index contributed by atoms with van der Waals surface area (Å²) in [6.45, 7) is 3.96. The van der Waals surface area contributed by atoms with E-state index in [9.17, 15) is 14.4 Å². The maximum Gasteiger partial charge on any atom is 0.340 e. The van der Waals surface area contributed by atoms with Crippen LogP contribution < -0.4 is 5.73 Å². The Morgan fingerprint density at radius 2 is 1.68 bits per heavy atom. The fourth-order valence-corrected chi connectivity index (χ4v) is 3.76. The van der Waals surface area contributed by atoms with Crippen LogP contribution >= 0.6 is 0 Å². The van der Waals surface area contributed by atoms with Crippen molar-refractivity contribution >= 4 is 17.7 Å². The summed E-state index contributed by atoms with van der Waals surface area (Å²) in [5.74, 6) is -1.54. The fourth-order valence-electron chi connectivity index (χ4n) is 3.76. The van der Waals surface area contributed by atoms with Gasteiger partial charge in [0.15, 0.2) is 5.78 Å². The van der Waals surface area contributed by atoms with Crippen molar-refractivity contribution in [3.05, 3.63) is 58.2 Å². The second kappa shape index (κ2) is 7.14. The molecule has 0 aromatic heterocycles. The number of ketones is 1. The van der Waals surface area contributed by atoms with E-state index in [2.05, 4.69) is 0 Å². The Morgan fingerprint density at radius 1 is 1.07 bits per heavy atom. The first-order valence-electron chi connectivity index (χ1n) is 8.89. The maximum absolute atomic E-state index is 13.0. The highest BCUT2D eigenvalue weighted by atomic mass is 16.5. The van der Waals surface area contributed by atoms with Gasteiger partial charge < -0.3 is 19.9 Å². The normalized spacial score (nSPS) is 21.0. The molecule has 1 aliphatic carbocycles. The first-order valence-corrected chi connectivity index (χ1v) is 8.89. The van der Waals surface area contributed by atoms with Crippen LogP contribution in [0.25, 0.3) is 0 Å². The van der Waals surface area contributed by atoms with Gasteiger partial charge in [0.05, 0.1) is 25.7 Å². The van der Waals surface area contributed by atoms with Crippen LogP contribution in [0.2, 0.25) is 0 Å². The summed E-state index contributed by atoms with van der Waals surface area (Å²) in [5.41, 5.74) is 7.30. The van der Waals surface area contributed by atoms with Gasteiger partial charge in [-0.1, -0.05) is 26.0 Å². The van der Waals surface area contributed by atoms with Crippen molar-refractivity contribution < 1.29 is 28.6 Å². The second-order valence-corrected chi connectivity index (χ2v) is 7.70. The molecule has 148 valence electrons. The van der Waals surface area contributed by atoms with Crippen molar-refractivity contribution in [3.63, 3.8) is 0 Å². The minimum atomic E-state index is -0.716. The molecule has 7 nitrogen and oxygen atoms in total. The highest BCUT2D eigenvalue weighted by molar-refractivity contribution is 6.03. The predicted molar refractivity (Wildman–Crippen MR) is 99.9 cm³/mol. The fraction of sp³-hybridized carbons (Fsp3) is 0.381. The van der Waals surface area contributed by atoms with E-state index in [1.54, 1.807) is 24.3 Å². The van der Waals surface area contributed by atoms with Crippen LogP contribution in [0.15, 0.2) is 47.1 Å². The van der Waals surface area contributed by atoms with Crippen molar-refractivity contribution in [2.75, 3.05) is 14.2 Å². The lowest BCUT2D eigenvalue weighted by Gasteiger charge is -2.37. The number of esters is 2. The summed E-state index contributed by atoms with van der Waals surface area (Å²) < 4.78 is 15.3. The molecule has 1 aromatic rings. The smallest absolute Gasteiger partial charge is 0.340 e. The molecule has 0 saturated heterocycles. The van der Waals surface area contributed by atoms with Crippen molar-refractivity contribution in [1.82, 2.24) is 0 Å². The third kappa shape index (κ3) is 3.40. The predicted octanol–water partition coefficient (Wildman–Crippen LogP) is 2.57. The van der Waals surface area contributed by atoms with Crippen LogP contribution in [-0.4, -0.2) is 31.9 Å². The second-order valence-electron chi connectivity index (χ2n) is 7.70. The van der Waals surface area contributed by atoms with Crippen LogP contribution in [0.1, 0.15) is 48.5 Å². The zero-order chi connectivity index (χ0) is 20.6. The van der Waals surface area contributed by atoms with Gasteiger partial charge in [-0.15, -0.1) is 0 Å². The highest BCUT2D eigenvalue weighted by Gasteiger charge is 2.44. The molecule has 1 atom stereocenters. The van der Waals surface area contributed by atoms with E-state index in [1.807, 2.05) is 13.8 Å². The average molecular weight is 385 g/mol. The number of rotatable bonds is 3. The van der Waals surface area contributed by atoms with Crippen LogP contribution in [0.5, 0.6) is 0 Å². The molecule has 0 bridgehead atoms. The Bertz CT molecular complexity index is 907. The van der Waals surface area contributed by atoms with Gasteiger partial charge >= 0.3 is 11.9 Å². The topological polar surface area (TPSA) is 105 Å². The van der Waals surface area contributed by atoms with E-state index in [0.29, 0.717) is 35.3 Å². The van der Waals surface area contributed by atoms with Gasteiger partial charge in [0, 0.05) is 18.4 Å². The molecule has 0 unspecified atom stereocenters. The zero-order valence-corrected chi connectivity index (χ0v) is 16.3. The molecule has 0 spiro atoms. The Kier molecular flexibility index (Phi) is 5.02. The highest BCUT2D eigenvalue weighted by Crippen LogP contribution is 2.48. The molecule has 0 amide bonds. The summed E-state index contributed by atoms with van der Waals surface area (Å²) in [6.07, 6.45) is 0.861. The zero-order valence-electron chi connectivity index (χ0n) is 16.3. The summed E-state index contributed by atoms with van der Waals surface area (Å²) in [5, 5.41) is 0. The molecule has 2 aliphatic rings. The number of benzene rings is 1. The van der Waals surface area contributed by atoms with Crippen LogP contribution in [-0.2, 0) is 23.8 Å². The number of carbonyl (C=O) groups is 3. The van der Waals surface area contributed by atoms with Gasteiger partial charge in [0.2, 0.25) is 5.88 Å². The van der Waals surface area contributed by atoms with Crippen LogP contribution in [0.4, 0.5) is 0 Å². The minimum Gasteiger partial charge on any atom is -0.465 e. The van der Waals surface area contributed by atoms with E-state index in [1.165, 1.54) is 14.2 Å². The molecule has 7 heteroatoms. The lowest BCUT2D eigenvalue weighted by atomic mass is 9.70. The third-order valence-corrected chi connectivity index (χ3v) is 5.03. The van der Waals surface area contributed by atoms with Gasteiger partial charge in [0.1, 0.15) is 11.3 Å². The average Bonchev–Trinajstić information content (AvgIpc) is 2.64. The lowest BCUT2D eigenvalue weighted by molar-refractivity contribution is -0.136. The Morgan fingerprint density at radius 3 is 2.25 bits per heavy atom. The number of methoxy groups -OCH3 is 2. The number of carbonyl (C=O) groups excluding carboxylic acids is 3. The number of nitrogens with two attached hydrogens (primary N) is 1. The van der Waals surface area contributed by atoms with E-state index in [0.717, 1.165) is 0 Å². The standard InChI is InChI=1S/C21H23NO6/c1-21(2)9-13(23)16-14(10-21)28-18(22)17(20(25)27-4)15(16)11-5-7-12(8-6-11)19(24)26-3/h5-8,15H,9-10,22H2,1-4H3/t15-/m1/s1. The molecule has 28 heavy (non-hydrogen) atoms. The number of allylic oxidation sites excluding steroid dienone is 2. The van der Waals surface area contributed by atoms with Gasteiger partial charge in [-0.05, 0) is 23.1 Å². The number of hydrogen-bond acceptors (Lipinski definition) is 7. The SMILES string of the molecule is COC(=O)C1=C(N)OC2=C(C(=O)CC(C)(C)C2)[C@H]1c1ccc(C(=O)OC)cc1. The Balaban J connectivity index is 2.15. The number of ether oxygens (including phenoxy) is 3.